The molecule has 5 nitrogen and oxygen atoms in total. The van der Waals surface area contributed by atoms with Crippen molar-refractivity contribution in [2.75, 3.05) is 18.6 Å². The Hall–Kier alpha value is -1.54. The lowest BCUT2D eigenvalue weighted by Crippen LogP contribution is -2.51. The lowest BCUT2D eigenvalue weighted by Gasteiger charge is -2.29. The SMILES string of the molecule is COC(=O)C1CS(=O)(=O)CC(c2ccc(F)cc2F)N1. The topological polar surface area (TPSA) is 72.5 Å². The van der Waals surface area contributed by atoms with Gasteiger partial charge in [-0.2, -0.15) is 0 Å². The third-order valence-corrected chi connectivity index (χ3v) is 4.75. The maximum Gasteiger partial charge on any atom is 0.323 e. The van der Waals surface area contributed by atoms with Gasteiger partial charge in [0.2, 0.25) is 0 Å². The summed E-state index contributed by atoms with van der Waals surface area (Å²) in [6, 6.07) is 0.892. The number of hydrogen-bond donors (Lipinski definition) is 1. The van der Waals surface area contributed by atoms with Gasteiger partial charge in [-0.25, -0.2) is 17.2 Å². The van der Waals surface area contributed by atoms with Crippen molar-refractivity contribution in [3.63, 3.8) is 0 Å². The Morgan fingerprint density at radius 3 is 2.65 bits per heavy atom. The van der Waals surface area contributed by atoms with E-state index in [1.54, 1.807) is 0 Å². The van der Waals surface area contributed by atoms with Crippen LogP contribution in [0.3, 0.4) is 0 Å². The lowest BCUT2D eigenvalue weighted by molar-refractivity contribution is -0.142. The van der Waals surface area contributed by atoms with Gasteiger partial charge in [0, 0.05) is 17.7 Å². The highest BCUT2D eigenvalue weighted by Gasteiger charge is 2.37. The minimum Gasteiger partial charge on any atom is -0.468 e. The number of carbonyl (C=O) groups excluding carboxylic acids is 1. The molecule has 0 amide bonds. The quantitative estimate of drug-likeness (QED) is 0.809. The fraction of sp³-hybridized carbons (Fsp3) is 0.417. The minimum atomic E-state index is -3.53. The molecular formula is C12H13F2NO4S. The molecule has 1 fully saturated rings. The average molecular weight is 305 g/mol. The van der Waals surface area contributed by atoms with Gasteiger partial charge in [0.25, 0.3) is 0 Å². The van der Waals surface area contributed by atoms with Gasteiger partial charge < -0.3 is 4.74 Å². The number of carbonyl (C=O) groups is 1. The first-order valence-corrected chi connectivity index (χ1v) is 7.64. The van der Waals surface area contributed by atoms with E-state index >= 15 is 0 Å². The second kappa shape index (κ2) is 5.45. The molecule has 20 heavy (non-hydrogen) atoms. The highest BCUT2D eigenvalue weighted by molar-refractivity contribution is 7.91. The first-order valence-electron chi connectivity index (χ1n) is 5.81. The minimum absolute atomic E-state index is 0.00331. The fourth-order valence-electron chi connectivity index (χ4n) is 2.16. The van der Waals surface area contributed by atoms with Crippen LogP contribution in [-0.2, 0) is 19.4 Å². The van der Waals surface area contributed by atoms with E-state index in [9.17, 15) is 22.0 Å². The Bertz CT molecular complexity index is 632. The average Bonchev–Trinajstić information content (AvgIpc) is 2.35. The molecule has 0 bridgehead atoms. The number of ether oxygens (including phenoxy) is 1. The molecule has 1 aliphatic heterocycles. The standard InChI is InChI=1S/C12H13F2NO4S/c1-19-12(16)11-6-20(17,18)5-10(15-11)8-3-2-7(13)4-9(8)14/h2-4,10-11,15H,5-6H2,1H3. The number of nitrogens with one attached hydrogen (secondary N) is 1. The Morgan fingerprint density at radius 1 is 1.35 bits per heavy atom. The van der Waals surface area contributed by atoms with Crippen molar-refractivity contribution in [2.45, 2.75) is 12.1 Å². The third-order valence-electron chi connectivity index (χ3n) is 3.07. The van der Waals surface area contributed by atoms with Crippen molar-refractivity contribution in [3.8, 4) is 0 Å². The van der Waals surface area contributed by atoms with E-state index in [4.69, 9.17) is 0 Å². The second-order valence-corrected chi connectivity index (χ2v) is 6.69. The molecular weight excluding hydrogens is 292 g/mol. The van der Waals surface area contributed by atoms with Gasteiger partial charge in [0.05, 0.1) is 18.6 Å². The van der Waals surface area contributed by atoms with Gasteiger partial charge in [-0.15, -0.1) is 0 Å². The van der Waals surface area contributed by atoms with Gasteiger partial charge in [-0.3, -0.25) is 10.1 Å². The van der Waals surface area contributed by atoms with Crippen LogP contribution in [0.25, 0.3) is 0 Å². The predicted octanol–water partition coefficient (Wildman–Crippen LogP) is 0.565. The molecule has 0 saturated carbocycles. The van der Waals surface area contributed by atoms with Gasteiger partial charge in [0.1, 0.15) is 17.7 Å². The smallest absolute Gasteiger partial charge is 0.323 e. The summed E-state index contributed by atoms with van der Waals surface area (Å²) in [6.45, 7) is 0. The number of sulfone groups is 1. The monoisotopic (exact) mass is 305 g/mol. The van der Waals surface area contributed by atoms with E-state index in [1.807, 2.05) is 0 Å². The molecule has 1 heterocycles. The van der Waals surface area contributed by atoms with Gasteiger partial charge in [-0.1, -0.05) is 6.07 Å². The van der Waals surface area contributed by atoms with Crippen LogP contribution in [0.1, 0.15) is 11.6 Å². The van der Waals surface area contributed by atoms with E-state index in [-0.39, 0.29) is 11.3 Å². The first-order chi connectivity index (χ1) is 9.32. The van der Waals surface area contributed by atoms with Crippen molar-refractivity contribution in [3.05, 3.63) is 35.4 Å². The van der Waals surface area contributed by atoms with Gasteiger partial charge in [0.15, 0.2) is 9.84 Å². The fourth-order valence-corrected chi connectivity index (χ4v) is 3.82. The van der Waals surface area contributed by atoms with E-state index in [0.29, 0.717) is 6.07 Å². The van der Waals surface area contributed by atoms with Crippen molar-refractivity contribution < 1.29 is 26.7 Å². The van der Waals surface area contributed by atoms with Crippen molar-refractivity contribution in [1.29, 1.82) is 0 Å². The van der Waals surface area contributed by atoms with Crippen LogP contribution in [-0.4, -0.2) is 39.0 Å². The molecule has 1 aliphatic rings. The second-order valence-electron chi connectivity index (χ2n) is 4.54. The summed E-state index contributed by atoms with van der Waals surface area (Å²) in [5.74, 6) is -3.11. The zero-order valence-corrected chi connectivity index (χ0v) is 11.4. The third kappa shape index (κ3) is 3.13. The van der Waals surface area contributed by atoms with E-state index in [2.05, 4.69) is 10.1 Å². The molecule has 0 spiro atoms. The maximum absolute atomic E-state index is 13.7. The van der Waals surface area contributed by atoms with Crippen molar-refractivity contribution >= 4 is 15.8 Å². The van der Waals surface area contributed by atoms with E-state index < -0.39 is 45.3 Å². The zero-order chi connectivity index (χ0) is 14.9. The van der Waals surface area contributed by atoms with Gasteiger partial charge >= 0.3 is 5.97 Å². The summed E-state index contributed by atoms with van der Waals surface area (Å²) in [5, 5.41) is 2.72. The van der Waals surface area contributed by atoms with Crippen LogP contribution in [0.5, 0.6) is 0 Å². The maximum atomic E-state index is 13.7. The van der Waals surface area contributed by atoms with Crippen LogP contribution in [0, 0.1) is 11.6 Å². The molecule has 2 rings (SSSR count). The molecule has 1 N–H and O–H groups in total. The number of methoxy groups -OCH3 is 1. The van der Waals surface area contributed by atoms with Crippen LogP contribution in [0.4, 0.5) is 8.78 Å². The predicted molar refractivity (Wildman–Crippen MR) is 66.7 cm³/mol. The summed E-state index contributed by atoms with van der Waals surface area (Å²) in [4.78, 5) is 11.5. The Balaban J connectivity index is 2.33. The molecule has 0 radical (unpaired) electrons. The molecule has 8 heteroatoms. The summed E-state index contributed by atoms with van der Waals surface area (Å²) >= 11 is 0. The molecule has 0 aromatic heterocycles. The largest absolute Gasteiger partial charge is 0.468 e. The summed E-state index contributed by atoms with van der Waals surface area (Å²) in [5.41, 5.74) is 0.00331. The molecule has 2 atom stereocenters. The molecule has 1 aromatic rings. The normalized spacial score (nSPS) is 25.1. The number of hydrogen-bond acceptors (Lipinski definition) is 5. The van der Waals surface area contributed by atoms with Gasteiger partial charge in [-0.05, 0) is 6.07 Å². The van der Waals surface area contributed by atoms with Crippen molar-refractivity contribution in [2.24, 2.45) is 0 Å². The summed E-state index contributed by atoms with van der Waals surface area (Å²) < 4.78 is 54.7. The Kier molecular flexibility index (Phi) is 4.05. The van der Waals surface area contributed by atoms with E-state index in [0.717, 1.165) is 19.2 Å². The molecule has 110 valence electrons. The number of halogens is 2. The van der Waals surface area contributed by atoms with Crippen LogP contribution < -0.4 is 5.32 Å². The molecule has 1 aromatic carbocycles. The summed E-state index contributed by atoms with van der Waals surface area (Å²) in [7, 11) is -2.40. The Labute approximate surface area is 114 Å². The lowest BCUT2D eigenvalue weighted by atomic mass is 10.1. The molecule has 1 saturated heterocycles. The summed E-state index contributed by atoms with van der Waals surface area (Å²) in [6.07, 6.45) is 0. The van der Waals surface area contributed by atoms with Crippen molar-refractivity contribution in [1.82, 2.24) is 5.32 Å². The number of esters is 1. The van der Waals surface area contributed by atoms with Crippen LogP contribution >= 0.6 is 0 Å². The molecule has 0 aliphatic carbocycles. The highest BCUT2D eigenvalue weighted by atomic mass is 32.2. The molecule has 2 unspecified atom stereocenters. The van der Waals surface area contributed by atoms with Crippen LogP contribution in [0.2, 0.25) is 0 Å². The zero-order valence-electron chi connectivity index (χ0n) is 10.6. The number of rotatable bonds is 2. The first kappa shape index (κ1) is 14.9. The van der Waals surface area contributed by atoms with E-state index in [1.165, 1.54) is 0 Å². The highest BCUT2D eigenvalue weighted by Crippen LogP contribution is 2.24. The Morgan fingerprint density at radius 2 is 2.05 bits per heavy atom. The van der Waals surface area contributed by atoms with Crippen LogP contribution in [0.15, 0.2) is 18.2 Å². The number of benzene rings is 1.